The van der Waals surface area contributed by atoms with Gasteiger partial charge in [-0.1, -0.05) is 12.1 Å². The third kappa shape index (κ3) is 3.00. The molecule has 122 valence electrons. The summed E-state index contributed by atoms with van der Waals surface area (Å²) in [5, 5.41) is 0. The minimum absolute atomic E-state index is 0.0908. The van der Waals surface area contributed by atoms with E-state index in [-0.39, 0.29) is 10.9 Å². The van der Waals surface area contributed by atoms with E-state index in [1.165, 1.54) is 20.0 Å². The first-order chi connectivity index (χ1) is 10.6. The zero-order valence-electron chi connectivity index (χ0n) is 13.1. The second-order valence-corrected chi connectivity index (χ2v) is 7.93. The molecule has 1 unspecified atom stereocenters. The number of benzene rings is 1. The van der Waals surface area contributed by atoms with Gasteiger partial charge in [-0.2, -0.15) is 4.31 Å². The van der Waals surface area contributed by atoms with E-state index in [1.54, 1.807) is 28.6 Å². The number of ether oxygens (including phenoxy) is 1. The van der Waals surface area contributed by atoms with Gasteiger partial charge in [0.25, 0.3) is 0 Å². The lowest BCUT2D eigenvalue weighted by atomic mass is 10.2. The molecule has 1 aromatic rings. The van der Waals surface area contributed by atoms with Gasteiger partial charge in [0.05, 0.1) is 7.11 Å². The Hall–Kier alpha value is -1.11. The maximum atomic E-state index is 13.0. The van der Waals surface area contributed by atoms with Gasteiger partial charge in [-0.3, -0.25) is 0 Å². The average molecular weight is 324 g/mol. The molecule has 5 nitrogen and oxygen atoms in total. The van der Waals surface area contributed by atoms with Crippen LogP contribution < -0.4 is 4.74 Å². The lowest BCUT2D eigenvalue weighted by Crippen LogP contribution is -2.42. The Morgan fingerprint density at radius 2 is 1.86 bits per heavy atom. The first-order valence-electron chi connectivity index (χ1n) is 8.00. The van der Waals surface area contributed by atoms with Crippen LogP contribution in [0.4, 0.5) is 0 Å². The smallest absolute Gasteiger partial charge is 0.247 e. The van der Waals surface area contributed by atoms with E-state index in [9.17, 15) is 8.42 Å². The zero-order chi connectivity index (χ0) is 15.6. The molecular weight excluding hydrogens is 300 g/mol. The van der Waals surface area contributed by atoms with Crippen molar-refractivity contribution in [2.45, 2.75) is 36.6 Å². The topological polar surface area (TPSA) is 49.9 Å². The van der Waals surface area contributed by atoms with E-state index in [2.05, 4.69) is 4.90 Å². The van der Waals surface area contributed by atoms with Crippen LogP contribution in [0.15, 0.2) is 29.2 Å². The number of para-hydroxylation sites is 1. The summed E-state index contributed by atoms with van der Waals surface area (Å²) in [6, 6.07) is 6.98. The predicted molar refractivity (Wildman–Crippen MR) is 85.6 cm³/mol. The van der Waals surface area contributed by atoms with Crippen LogP contribution in [0, 0.1) is 0 Å². The van der Waals surface area contributed by atoms with Gasteiger partial charge in [-0.05, 0) is 50.9 Å². The van der Waals surface area contributed by atoms with Gasteiger partial charge in [0.2, 0.25) is 10.0 Å². The average Bonchev–Trinajstić information content (AvgIpc) is 3.19. The van der Waals surface area contributed by atoms with Gasteiger partial charge in [0.15, 0.2) is 0 Å². The van der Waals surface area contributed by atoms with Crippen LogP contribution in [0.25, 0.3) is 0 Å². The van der Waals surface area contributed by atoms with Crippen molar-refractivity contribution in [3.63, 3.8) is 0 Å². The quantitative estimate of drug-likeness (QED) is 0.830. The molecule has 2 heterocycles. The summed E-state index contributed by atoms with van der Waals surface area (Å²) in [5.41, 5.74) is 0. The van der Waals surface area contributed by atoms with Crippen LogP contribution in [0.3, 0.4) is 0 Å². The molecule has 0 saturated carbocycles. The highest BCUT2D eigenvalue weighted by Gasteiger charge is 2.37. The standard InChI is InChI=1S/C16H24N2O3S/c1-21-15-8-2-3-9-16(15)22(19,20)18-12-6-7-14(18)13-17-10-4-5-11-17/h2-3,8-9,14H,4-7,10-13H2,1H3. The summed E-state index contributed by atoms with van der Waals surface area (Å²) in [7, 11) is -1.98. The Morgan fingerprint density at radius 1 is 1.14 bits per heavy atom. The molecule has 0 N–H and O–H groups in total. The molecule has 0 radical (unpaired) electrons. The first kappa shape index (κ1) is 15.8. The van der Waals surface area contributed by atoms with Crippen molar-refractivity contribution in [1.29, 1.82) is 0 Å². The fourth-order valence-corrected chi connectivity index (χ4v) is 5.37. The maximum Gasteiger partial charge on any atom is 0.247 e. The van der Waals surface area contributed by atoms with E-state index in [4.69, 9.17) is 4.74 Å². The summed E-state index contributed by atoms with van der Waals surface area (Å²) in [6.45, 7) is 3.66. The van der Waals surface area contributed by atoms with Crippen LogP contribution in [0.2, 0.25) is 0 Å². The third-order valence-corrected chi connectivity index (χ3v) is 6.64. The summed E-state index contributed by atoms with van der Waals surface area (Å²) in [5.74, 6) is 0.425. The van der Waals surface area contributed by atoms with Gasteiger partial charge in [0.1, 0.15) is 10.6 Å². The molecule has 0 bridgehead atoms. The number of likely N-dealkylation sites (tertiary alicyclic amines) is 1. The molecule has 1 atom stereocenters. The van der Waals surface area contributed by atoms with E-state index in [0.29, 0.717) is 12.3 Å². The summed E-state index contributed by atoms with van der Waals surface area (Å²) < 4.78 is 33.0. The highest BCUT2D eigenvalue weighted by Crippen LogP contribution is 2.31. The first-order valence-corrected chi connectivity index (χ1v) is 9.44. The molecule has 22 heavy (non-hydrogen) atoms. The van der Waals surface area contributed by atoms with Crippen LogP contribution in [-0.4, -0.2) is 57.0 Å². The molecule has 2 fully saturated rings. The second-order valence-electron chi connectivity index (χ2n) is 6.07. The van der Waals surface area contributed by atoms with Crippen LogP contribution in [0.1, 0.15) is 25.7 Å². The Bertz CT molecular complexity index is 612. The minimum atomic E-state index is -3.49. The molecule has 2 aliphatic heterocycles. The van der Waals surface area contributed by atoms with E-state index in [0.717, 1.165) is 32.5 Å². The van der Waals surface area contributed by atoms with E-state index in [1.807, 2.05) is 0 Å². The third-order valence-electron chi connectivity index (χ3n) is 4.65. The van der Waals surface area contributed by atoms with Crippen molar-refractivity contribution in [3.8, 4) is 5.75 Å². The van der Waals surface area contributed by atoms with Crippen molar-refractivity contribution >= 4 is 10.0 Å². The normalized spacial score (nSPS) is 24.0. The van der Waals surface area contributed by atoms with Crippen molar-refractivity contribution < 1.29 is 13.2 Å². The second kappa shape index (κ2) is 6.56. The minimum Gasteiger partial charge on any atom is -0.495 e. The Labute approximate surface area is 132 Å². The fraction of sp³-hybridized carbons (Fsp3) is 0.625. The number of methoxy groups -OCH3 is 1. The van der Waals surface area contributed by atoms with Crippen molar-refractivity contribution in [3.05, 3.63) is 24.3 Å². The molecule has 0 spiro atoms. The number of rotatable bonds is 5. The maximum absolute atomic E-state index is 13.0. The number of sulfonamides is 1. The Balaban J connectivity index is 1.83. The molecule has 6 heteroatoms. The summed E-state index contributed by atoms with van der Waals surface area (Å²) >= 11 is 0. The van der Waals surface area contributed by atoms with Gasteiger partial charge in [-0.15, -0.1) is 0 Å². The fourth-order valence-electron chi connectivity index (χ4n) is 3.53. The lowest BCUT2D eigenvalue weighted by molar-refractivity contribution is 0.257. The highest BCUT2D eigenvalue weighted by molar-refractivity contribution is 7.89. The Kier molecular flexibility index (Phi) is 4.70. The van der Waals surface area contributed by atoms with E-state index >= 15 is 0 Å². The summed E-state index contributed by atoms with van der Waals surface area (Å²) in [4.78, 5) is 2.67. The molecule has 3 rings (SSSR count). The largest absolute Gasteiger partial charge is 0.495 e. The molecule has 0 aromatic heterocycles. The molecular formula is C16H24N2O3S. The van der Waals surface area contributed by atoms with Crippen molar-refractivity contribution in [2.24, 2.45) is 0 Å². The SMILES string of the molecule is COc1ccccc1S(=O)(=O)N1CCCC1CN1CCCC1. The van der Waals surface area contributed by atoms with Crippen LogP contribution >= 0.6 is 0 Å². The lowest BCUT2D eigenvalue weighted by Gasteiger charge is -2.28. The molecule has 1 aromatic carbocycles. The van der Waals surface area contributed by atoms with Gasteiger partial charge in [0, 0.05) is 19.1 Å². The van der Waals surface area contributed by atoms with Gasteiger partial charge >= 0.3 is 0 Å². The van der Waals surface area contributed by atoms with Crippen molar-refractivity contribution in [1.82, 2.24) is 9.21 Å². The predicted octanol–water partition coefficient (Wildman–Crippen LogP) is 1.94. The molecule has 2 aliphatic rings. The zero-order valence-corrected chi connectivity index (χ0v) is 13.9. The Morgan fingerprint density at radius 3 is 2.59 bits per heavy atom. The number of hydrogen-bond donors (Lipinski definition) is 0. The van der Waals surface area contributed by atoms with Crippen molar-refractivity contribution in [2.75, 3.05) is 33.3 Å². The number of hydrogen-bond acceptors (Lipinski definition) is 4. The molecule has 2 saturated heterocycles. The van der Waals surface area contributed by atoms with Gasteiger partial charge < -0.3 is 9.64 Å². The van der Waals surface area contributed by atoms with Crippen LogP contribution in [0.5, 0.6) is 5.75 Å². The number of nitrogens with zero attached hydrogens (tertiary/aromatic N) is 2. The van der Waals surface area contributed by atoms with Crippen LogP contribution in [-0.2, 0) is 10.0 Å². The highest BCUT2D eigenvalue weighted by atomic mass is 32.2. The molecule has 0 amide bonds. The van der Waals surface area contributed by atoms with Gasteiger partial charge in [-0.25, -0.2) is 8.42 Å². The summed E-state index contributed by atoms with van der Waals surface area (Å²) in [6.07, 6.45) is 4.34. The van der Waals surface area contributed by atoms with E-state index < -0.39 is 10.0 Å². The molecule has 0 aliphatic carbocycles. The monoisotopic (exact) mass is 324 g/mol.